The van der Waals surface area contributed by atoms with Gasteiger partial charge in [-0.25, -0.2) is 13.8 Å². The molecule has 2 N–H and O–H groups in total. The Kier molecular flexibility index (Phi) is 3.45. The van der Waals surface area contributed by atoms with Crippen LogP contribution in [0.25, 0.3) is 11.0 Å². The summed E-state index contributed by atoms with van der Waals surface area (Å²) in [5.41, 5.74) is 1.57. The molecule has 8 heteroatoms. The van der Waals surface area contributed by atoms with Crippen molar-refractivity contribution in [1.29, 1.82) is 0 Å². The number of nitrogens with one attached hydrogen (secondary N) is 2. The zero-order valence-corrected chi connectivity index (χ0v) is 12.8. The number of para-hydroxylation sites is 2. The van der Waals surface area contributed by atoms with Crippen LogP contribution in [0.4, 0.5) is 20.4 Å². The van der Waals surface area contributed by atoms with Gasteiger partial charge >= 0.3 is 0 Å². The molecule has 3 aromatic rings. The fourth-order valence-electron chi connectivity index (χ4n) is 2.90. The summed E-state index contributed by atoms with van der Waals surface area (Å²) in [6.07, 6.45) is -0.155. The molecule has 1 aromatic heterocycles. The average molecular weight is 342 g/mol. The number of halogens is 2. The van der Waals surface area contributed by atoms with E-state index >= 15 is 0 Å². The van der Waals surface area contributed by atoms with Crippen molar-refractivity contribution in [2.45, 2.75) is 12.5 Å². The molecule has 0 saturated carbocycles. The van der Waals surface area contributed by atoms with E-state index in [-0.39, 0.29) is 18.0 Å². The zero-order chi connectivity index (χ0) is 17.6. The van der Waals surface area contributed by atoms with Gasteiger partial charge in [0.25, 0.3) is 0 Å². The van der Waals surface area contributed by atoms with Crippen molar-refractivity contribution in [3.8, 4) is 0 Å². The smallest absolute Gasteiger partial charge is 0.250 e. The van der Waals surface area contributed by atoms with Crippen LogP contribution in [-0.4, -0.2) is 21.4 Å². The van der Waals surface area contributed by atoms with E-state index < -0.39 is 23.6 Å². The van der Waals surface area contributed by atoms with Crippen LogP contribution in [0, 0.1) is 11.6 Å². The Labute approximate surface area is 140 Å². The molecule has 0 aliphatic carbocycles. The molecule has 1 aliphatic rings. The summed E-state index contributed by atoms with van der Waals surface area (Å²) in [6, 6.07) is 9.58. The molecule has 0 unspecified atom stereocenters. The summed E-state index contributed by atoms with van der Waals surface area (Å²) in [4.78, 5) is 28.7. The largest absolute Gasteiger partial charge is 0.326 e. The van der Waals surface area contributed by atoms with Crippen LogP contribution in [-0.2, 0) is 9.59 Å². The van der Waals surface area contributed by atoms with Crippen molar-refractivity contribution in [1.82, 2.24) is 9.55 Å². The quantitative estimate of drug-likeness (QED) is 0.768. The van der Waals surface area contributed by atoms with Gasteiger partial charge in [-0.15, -0.1) is 0 Å². The van der Waals surface area contributed by atoms with Gasteiger partial charge in [0.15, 0.2) is 11.6 Å². The molecule has 2 aromatic carbocycles. The molecule has 0 saturated heterocycles. The van der Waals surface area contributed by atoms with Crippen LogP contribution in [0.15, 0.2) is 42.5 Å². The molecule has 0 fully saturated rings. The highest BCUT2D eigenvalue weighted by atomic mass is 19.2. The van der Waals surface area contributed by atoms with E-state index in [9.17, 15) is 18.4 Å². The molecule has 4 rings (SSSR count). The topological polar surface area (TPSA) is 76.0 Å². The normalized spacial score (nSPS) is 15.9. The van der Waals surface area contributed by atoms with Gasteiger partial charge in [0, 0.05) is 11.8 Å². The van der Waals surface area contributed by atoms with E-state index in [0.717, 1.165) is 17.6 Å². The number of carbonyl (C=O) groups excluding carboxylic acids is 2. The second kappa shape index (κ2) is 5.66. The van der Waals surface area contributed by atoms with Gasteiger partial charge in [0.05, 0.1) is 17.5 Å². The van der Waals surface area contributed by atoms with Gasteiger partial charge in [-0.2, -0.15) is 0 Å². The number of anilines is 2. The van der Waals surface area contributed by atoms with Crippen molar-refractivity contribution < 1.29 is 18.4 Å². The summed E-state index contributed by atoms with van der Waals surface area (Å²) in [5.74, 6) is -2.50. The van der Waals surface area contributed by atoms with E-state index in [0.29, 0.717) is 11.5 Å². The zero-order valence-electron chi connectivity index (χ0n) is 12.8. The summed E-state index contributed by atoms with van der Waals surface area (Å²) < 4.78 is 27.8. The van der Waals surface area contributed by atoms with Crippen LogP contribution >= 0.6 is 0 Å². The first-order chi connectivity index (χ1) is 12.0. The first-order valence-corrected chi connectivity index (χ1v) is 7.55. The number of imidazole rings is 1. The molecule has 126 valence electrons. The molecule has 0 bridgehead atoms. The molecule has 1 aliphatic heterocycles. The van der Waals surface area contributed by atoms with Crippen LogP contribution in [0.2, 0.25) is 0 Å². The van der Waals surface area contributed by atoms with Crippen LogP contribution in [0.5, 0.6) is 0 Å². The number of fused-ring (bicyclic) bond motifs is 3. The predicted molar refractivity (Wildman–Crippen MR) is 87.0 cm³/mol. The third-order valence-electron chi connectivity index (χ3n) is 4.03. The maximum atomic E-state index is 13.2. The Hall–Kier alpha value is -3.29. The second-order valence-electron chi connectivity index (χ2n) is 5.68. The standard InChI is InChI=1S/C17H12F2N4O2/c18-10-6-5-9(7-11(10)19)20-15(24)8-14-16(25)22-17-21-12-3-1-2-4-13(12)23(14)17/h1-7,14H,8H2,(H,20,24)(H,21,22,25)/t14-/m1/s1. The van der Waals surface area contributed by atoms with Gasteiger partial charge in [0.1, 0.15) is 6.04 Å². The van der Waals surface area contributed by atoms with E-state index in [1.807, 2.05) is 24.3 Å². The lowest BCUT2D eigenvalue weighted by molar-refractivity contribution is -0.123. The number of carbonyl (C=O) groups is 2. The lowest BCUT2D eigenvalue weighted by Crippen LogP contribution is -2.23. The molecular formula is C17H12F2N4O2. The Balaban J connectivity index is 1.57. The summed E-state index contributed by atoms with van der Waals surface area (Å²) in [7, 11) is 0. The molecule has 0 spiro atoms. The van der Waals surface area contributed by atoms with E-state index in [2.05, 4.69) is 15.6 Å². The van der Waals surface area contributed by atoms with Gasteiger partial charge in [0.2, 0.25) is 17.8 Å². The monoisotopic (exact) mass is 342 g/mol. The van der Waals surface area contributed by atoms with Crippen LogP contribution in [0.3, 0.4) is 0 Å². The van der Waals surface area contributed by atoms with Gasteiger partial charge in [-0.3, -0.25) is 19.5 Å². The second-order valence-corrected chi connectivity index (χ2v) is 5.68. The minimum absolute atomic E-state index is 0.123. The van der Waals surface area contributed by atoms with E-state index in [1.54, 1.807) is 4.57 Å². The first-order valence-electron chi connectivity index (χ1n) is 7.55. The molecule has 25 heavy (non-hydrogen) atoms. The molecule has 2 heterocycles. The van der Waals surface area contributed by atoms with Crippen LogP contribution < -0.4 is 10.6 Å². The highest BCUT2D eigenvalue weighted by Gasteiger charge is 2.34. The van der Waals surface area contributed by atoms with E-state index in [1.165, 1.54) is 6.07 Å². The number of aromatic nitrogens is 2. The molecule has 6 nitrogen and oxygen atoms in total. The Morgan fingerprint density at radius 1 is 1.20 bits per heavy atom. The fourth-order valence-corrected chi connectivity index (χ4v) is 2.90. The van der Waals surface area contributed by atoms with Crippen molar-refractivity contribution in [2.24, 2.45) is 0 Å². The van der Waals surface area contributed by atoms with Crippen molar-refractivity contribution in [2.75, 3.05) is 10.6 Å². The molecule has 1 atom stereocenters. The third-order valence-corrected chi connectivity index (χ3v) is 4.03. The predicted octanol–water partition coefficient (Wildman–Crippen LogP) is 2.84. The number of hydrogen-bond acceptors (Lipinski definition) is 3. The number of amides is 2. The van der Waals surface area contributed by atoms with Gasteiger partial charge < -0.3 is 5.32 Å². The van der Waals surface area contributed by atoms with Gasteiger partial charge in [-0.1, -0.05) is 12.1 Å². The van der Waals surface area contributed by atoms with Crippen LogP contribution in [0.1, 0.15) is 12.5 Å². The van der Waals surface area contributed by atoms with Crippen molar-refractivity contribution >= 4 is 34.5 Å². The first kappa shape index (κ1) is 15.3. The Bertz CT molecular complexity index is 1020. The highest BCUT2D eigenvalue weighted by Crippen LogP contribution is 2.32. The maximum Gasteiger partial charge on any atom is 0.250 e. The van der Waals surface area contributed by atoms with E-state index in [4.69, 9.17) is 0 Å². The lowest BCUT2D eigenvalue weighted by Gasteiger charge is -2.12. The molecule has 0 radical (unpaired) electrons. The van der Waals surface area contributed by atoms with Crippen molar-refractivity contribution in [3.05, 3.63) is 54.1 Å². The van der Waals surface area contributed by atoms with Crippen molar-refractivity contribution in [3.63, 3.8) is 0 Å². The summed E-state index contributed by atoms with van der Waals surface area (Å²) >= 11 is 0. The number of rotatable bonds is 3. The summed E-state index contributed by atoms with van der Waals surface area (Å²) in [6.45, 7) is 0. The minimum Gasteiger partial charge on any atom is -0.326 e. The highest BCUT2D eigenvalue weighted by molar-refractivity contribution is 6.03. The average Bonchev–Trinajstić information content (AvgIpc) is 3.07. The third kappa shape index (κ3) is 2.61. The lowest BCUT2D eigenvalue weighted by atomic mass is 10.1. The number of benzene rings is 2. The maximum absolute atomic E-state index is 13.2. The Morgan fingerprint density at radius 3 is 2.80 bits per heavy atom. The number of nitrogens with zero attached hydrogens (tertiary/aromatic N) is 2. The molecular weight excluding hydrogens is 330 g/mol. The fraction of sp³-hybridized carbons (Fsp3) is 0.118. The number of hydrogen-bond donors (Lipinski definition) is 2. The Morgan fingerprint density at radius 2 is 2.00 bits per heavy atom. The SMILES string of the molecule is O=C(C[C@@H]1C(=O)Nc2nc3ccccc3n21)Nc1ccc(F)c(F)c1. The minimum atomic E-state index is -1.06. The summed E-state index contributed by atoms with van der Waals surface area (Å²) in [5, 5.41) is 5.12. The van der Waals surface area contributed by atoms with Gasteiger partial charge in [-0.05, 0) is 24.3 Å². The molecule has 2 amide bonds.